The Labute approximate surface area is 190 Å². The lowest BCUT2D eigenvalue weighted by atomic mass is 9.44. The molecule has 0 bridgehead atoms. The van der Waals surface area contributed by atoms with Gasteiger partial charge in [0.25, 0.3) is 0 Å². The lowest BCUT2D eigenvalue weighted by molar-refractivity contribution is -0.138. The van der Waals surface area contributed by atoms with E-state index in [4.69, 9.17) is 0 Å². The summed E-state index contributed by atoms with van der Waals surface area (Å²) in [6.07, 6.45) is 12.8. The molecule has 8 atom stereocenters. The van der Waals surface area contributed by atoms with Crippen molar-refractivity contribution in [3.8, 4) is 11.8 Å². The van der Waals surface area contributed by atoms with E-state index in [2.05, 4.69) is 63.8 Å². The summed E-state index contributed by atoms with van der Waals surface area (Å²) in [5.41, 5.74) is 2.49. The van der Waals surface area contributed by atoms with Gasteiger partial charge in [0.2, 0.25) is 0 Å². The fourth-order valence-electron chi connectivity index (χ4n) is 8.96. The highest BCUT2D eigenvalue weighted by molar-refractivity contribution is 5.38. The summed E-state index contributed by atoms with van der Waals surface area (Å²) < 4.78 is 0. The number of benzene rings is 1. The van der Waals surface area contributed by atoms with Crippen molar-refractivity contribution in [2.45, 2.75) is 97.5 Å². The van der Waals surface area contributed by atoms with Crippen LogP contribution in [0.15, 0.2) is 24.3 Å². The van der Waals surface area contributed by atoms with Gasteiger partial charge in [-0.25, -0.2) is 0 Å². The van der Waals surface area contributed by atoms with Crippen LogP contribution >= 0.6 is 0 Å². The van der Waals surface area contributed by atoms with E-state index in [0.29, 0.717) is 16.7 Å². The van der Waals surface area contributed by atoms with Crippen molar-refractivity contribution in [1.29, 1.82) is 0 Å². The predicted octanol–water partition coefficient (Wildman–Crippen LogP) is 7.15. The van der Waals surface area contributed by atoms with E-state index >= 15 is 0 Å². The van der Waals surface area contributed by atoms with Gasteiger partial charge in [-0.2, -0.15) is 0 Å². The summed E-state index contributed by atoms with van der Waals surface area (Å²) in [5, 5.41) is 11.4. The number of rotatable bonds is 1. The molecule has 0 saturated heterocycles. The molecule has 1 N–H and O–H groups in total. The van der Waals surface area contributed by atoms with Crippen molar-refractivity contribution in [2.75, 3.05) is 0 Å². The SMILES string of the molecule is CC[C@H]1CC[C@H]2[C@@H]3CC[C@@H]4C[C@@](O)(C#Cc5ccc(C)cc5)CC[C@]4(C)[C@H]3CC[C@]12C. The van der Waals surface area contributed by atoms with Crippen molar-refractivity contribution in [3.63, 3.8) is 0 Å². The van der Waals surface area contributed by atoms with E-state index in [0.717, 1.165) is 48.5 Å². The quantitative estimate of drug-likeness (QED) is 0.480. The van der Waals surface area contributed by atoms with E-state index < -0.39 is 5.60 Å². The Balaban J connectivity index is 1.34. The van der Waals surface area contributed by atoms with E-state index in [1.54, 1.807) is 0 Å². The van der Waals surface area contributed by atoms with Crippen LogP contribution in [0.5, 0.6) is 0 Å². The zero-order valence-electron chi connectivity index (χ0n) is 20.2. The Morgan fingerprint density at radius 2 is 1.65 bits per heavy atom. The van der Waals surface area contributed by atoms with Gasteiger partial charge in [-0.05, 0) is 117 Å². The van der Waals surface area contributed by atoms with E-state index in [1.165, 1.54) is 50.5 Å². The van der Waals surface area contributed by atoms with Crippen molar-refractivity contribution in [3.05, 3.63) is 35.4 Å². The molecule has 0 aliphatic heterocycles. The molecule has 0 heterocycles. The first-order valence-electron chi connectivity index (χ1n) is 13.1. The first-order valence-corrected chi connectivity index (χ1v) is 13.1. The third-order valence-corrected chi connectivity index (χ3v) is 10.9. The highest BCUT2D eigenvalue weighted by Gasteiger charge is 2.60. The Hall–Kier alpha value is -1.26. The molecule has 31 heavy (non-hydrogen) atoms. The van der Waals surface area contributed by atoms with Gasteiger partial charge >= 0.3 is 0 Å². The monoisotopic (exact) mass is 418 g/mol. The summed E-state index contributed by atoms with van der Waals surface area (Å²) in [4.78, 5) is 0. The summed E-state index contributed by atoms with van der Waals surface area (Å²) in [6.45, 7) is 9.76. The molecule has 1 aromatic rings. The predicted molar refractivity (Wildman–Crippen MR) is 129 cm³/mol. The molecule has 168 valence electrons. The molecule has 4 fully saturated rings. The van der Waals surface area contributed by atoms with Crippen LogP contribution < -0.4 is 0 Å². The molecule has 0 aromatic heterocycles. The lowest BCUT2D eigenvalue weighted by Crippen LogP contribution is -2.55. The van der Waals surface area contributed by atoms with Gasteiger partial charge in [0, 0.05) is 5.56 Å². The van der Waals surface area contributed by atoms with Crippen LogP contribution in [0.1, 0.15) is 96.1 Å². The molecular formula is C30H42O. The largest absolute Gasteiger partial charge is 0.378 e. The second-order valence-corrected chi connectivity index (χ2v) is 12.2. The Bertz CT molecular complexity index is 874. The zero-order chi connectivity index (χ0) is 21.9. The highest BCUT2D eigenvalue weighted by Crippen LogP contribution is 2.68. The zero-order valence-corrected chi connectivity index (χ0v) is 20.2. The molecule has 0 unspecified atom stereocenters. The van der Waals surface area contributed by atoms with Gasteiger partial charge in [-0.1, -0.05) is 56.7 Å². The maximum atomic E-state index is 11.4. The third kappa shape index (κ3) is 3.49. The first kappa shape index (κ1) is 21.6. The number of aryl methyl sites for hydroxylation is 1. The van der Waals surface area contributed by atoms with Gasteiger partial charge < -0.3 is 5.11 Å². The van der Waals surface area contributed by atoms with Crippen molar-refractivity contribution in [2.24, 2.45) is 40.4 Å². The van der Waals surface area contributed by atoms with E-state index in [9.17, 15) is 5.11 Å². The molecule has 5 rings (SSSR count). The molecule has 0 radical (unpaired) electrons. The number of hydrogen-bond donors (Lipinski definition) is 1. The molecule has 1 nitrogen and oxygen atoms in total. The summed E-state index contributed by atoms with van der Waals surface area (Å²) in [5.74, 6) is 11.0. The maximum Gasteiger partial charge on any atom is 0.126 e. The average Bonchev–Trinajstić information content (AvgIpc) is 3.10. The first-order chi connectivity index (χ1) is 14.8. The average molecular weight is 419 g/mol. The van der Waals surface area contributed by atoms with Crippen LogP contribution in [0, 0.1) is 59.2 Å². The lowest BCUT2D eigenvalue weighted by Gasteiger charge is -2.61. The number of fused-ring (bicyclic) bond motifs is 5. The Kier molecular flexibility index (Phi) is 5.33. The number of hydrogen-bond acceptors (Lipinski definition) is 1. The second kappa shape index (κ2) is 7.66. The van der Waals surface area contributed by atoms with Crippen LogP contribution in [-0.4, -0.2) is 10.7 Å². The van der Waals surface area contributed by atoms with Crippen LogP contribution in [0.3, 0.4) is 0 Å². The van der Waals surface area contributed by atoms with Gasteiger partial charge in [-0.3, -0.25) is 0 Å². The van der Waals surface area contributed by atoms with E-state index in [1.807, 2.05) is 0 Å². The fraction of sp³-hybridized carbons (Fsp3) is 0.733. The van der Waals surface area contributed by atoms with Gasteiger partial charge in [0.15, 0.2) is 0 Å². The highest BCUT2D eigenvalue weighted by atomic mass is 16.3. The molecule has 4 saturated carbocycles. The normalized spacial score (nSPS) is 46.3. The molecule has 0 amide bonds. The molecule has 1 aromatic carbocycles. The van der Waals surface area contributed by atoms with Crippen LogP contribution in [-0.2, 0) is 0 Å². The Morgan fingerprint density at radius 3 is 2.39 bits per heavy atom. The van der Waals surface area contributed by atoms with Crippen molar-refractivity contribution in [1.82, 2.24) is 0 Å². The van der Waals surface area contributed by atoms with Crippen molar-refractivity contribution < 1.29 is 5.11 Å². The topological polar surface area (TPSA) is 20.2 Å². The Morgan fingerprint density at radius 1 is 0.903 bits per heavy atom. The fourth-order valence-corrected chi connectivity index (χ4v) is 8.96. The smallest absolute Gasteiger partial charge is 0.126 e. The minimum atomic E-state index is -0.800. The molecule has 1 heteroatoms. The van der Waals surface area contributed by atoms with Crippen LogP contribution in [0.25, 0.3) is 0 Å². The van der Waals surface area contributed by atoms with Gasteiger partial charge in [0.1, 0.15) is 5.60 Å². The van der Waals surface area contributed by atoms with Gasteiger partial charge in [0.05, 0.1) is 0 Å². The van der Waals surface area contributed by atoms with Crippen molar-refractivity contribution >= 4 is 0 Å². The standard InChI is InChI=1S/C30H42O/c1-5-23-11-13-26-25-12-10-24-20-30(31,17-14-22-8-6-21(2)7-9-22)19-18-29(24,4)27(25)15-16-28(23,26)3/h6-9,23-27,31H,5,10-13,15-16,18-20H2,1-4H3/t23-,24+,25-,26-,27-,28+,29-,30+/m0/s1. The molecule has 0 spiro atoms. The molecule has 4 aliphatic carbocycles. The minimum Gasteiger partial charge on any atom is -0.378 e. The van der Waals surface area contributed by atoms with E-state index in [-0.39, 0.29) is 0 Å². The minimum absolute atomic E-state index is 0.409. The second-order valence-electron chi connectivity index (χ2n) is 12.2. The third-order valence-electron chi connectivity index (χ3n) is 10.9. The van der Waals surface area contributed by atoms with Crippen LogP contribution in [0.4, 0.5) is 0 Å². The number of aliphatic hydroxyl groups is 1. The summed E-state index contributed by atoms with van der Waals surface area (Å²) in [6, 6.07) is 8.37. The van der Waals surface area contributed by atoms with Gasteiger partial charge in [-0.15, -0.1) is 0 Å². The summed E-state index contributed by atoms with van der Waals surface area (Å²) in [7, 11) is 0. The maximum absolute atomic E-state index is 11.4. The molecule has 4 aliphatic rings. The van der Waals surface area contributed by atoms with Crippen LogP contribution in [0.2, 0.25) is 0 Å². The summed E-state index contributed by atoms with van der Waals surface area (Å²) >= 11 is 0. The molecular weight excluding hydrogens is 376 g/mol.